The van der Waals surface area contributed by atoms with Crippen molar-refractivity contribution >= 4 is 60.9 Å². The van der Waals surface area contributed by atoms with Crippen LogP contribution >= 0.6 is 43.2 Å². The lowest BCUT2D eigenvalue weighted by molar-refractivity contribution is -0.138. The first-order valence-corrected chi connectivity index (χ1v) is 15.2. The van der Waals surface area contributed by atoms with Crippen molar-refractivity contribution in [2.45, 2.75) is 13.0 Å². The van der Waals surface area contributed by atoms with Crippen molar-refractivity contribution in [2.24, 2.45) is 4.99 Å². The molecule has 0 saturated heterocycles. The Morgan fingerprint density at radius 2 is 1.93 bits per heavy atom. The van der Waals surface area contributed by atoms with Crippen LogP contribution in [0.5, 0.6) is 11.5 Å². The first-order chi connectivity index (χ1) is 20.4. The molecule has 0 spiro atoms. The molecule has 1 aromatic heterocycles. The summed E-state index contributed by atoms with van der Waals surface area (Å²) in [5.74, 6) is 0.251. The Morgan fingerprint density at radius 1 is 1.14 bits per heavy atom. The zero-order valence-corrected chi connectivity index (χ0v) is 26.5. The lowest BCUT2D eigenvalue weighted by Crippen LogP contribution is -2.40. The minimum absolute atomic E-state index is 0.144. The van der Waals surface area contributed by atoms with Crippen LogP contribution in [0, 0.1) is 11.3 Å². The van der Waals surface area contributed by atoms with Gasteiger partial charge >= 0.3 is 5.97 Å². The van der Waals surface area contributed by atoms with E-state index in [4.69, 9.17) is 24.5 Å². The number of benzene rings is 3. The van der Waals surface area contributed by atoms with E-state index in [1.807, 2.05) is 60.7 Å². The third kappa shape index (κ3) is 5.83. The van der Waals surface area contributed by atoms with Gasteiger partial charge in [-0.3, -0.25) is 9.36 Å². The van der Waals surface area contributed by atoms with Crippen LogP contribution in [0.25, 0.3) is 11.8 Å². The highest BCUT2D eigenvalue weighted by atomic mass is 79.9. The highest BCUT2D eigenvalue weighted by molar-refractivity contribution is 9.10. The summed E-state index contributed by atoms with van der Waals surface area (Å²) in [6.45, 7) is 1.77. The van der Waals surface area contributed by atoms with Crippen LogP contribution < -0.4 is 24.4 Å². The number of methoxy groups -OCH3 is 1. The number of esters is 1. The standard InChI is InChI=1S/C31H23Br2N3O5S/c1-3-40-30(38)25-26(19-8-5-4-6-9-19)35-31-36(27(25)20-10-7-11-21(32)17-20)29(37)24(42-31)16-18-14-22(33)28(41-13-12-34)23(15-18)39-2/h4-11,14-17,27H,3,13H2,1-2H3/b24-16-/t27-/m0/s1. The van der Waals surface area contributed by atoms with Gasteiger partial charge in [-0.25, -0.2) is 9.79 Å². The van der Waals surface area contributed by atoms with E-state index < -0.39 is 12.0 Å². The zero-order valence-electron chi connectivity index (χ0n) is 22.5. The van der Waals surface area contributed by atoms with E-state index >= 15 is 0 Å². The molecule has 0 radical (unpaired) electrons. The second-order valence-electron chi connectivity index (χ2n) is 8.97. The number of thiazole rings is 1. The van der Waals surface area contributed by atoms with Crippen molar-refractivity contribution in [1.82, 2.24) is 4.57 Å². The third-order valence-corrected chi connectivity index (χ3v) is 8.43. The van der Waals surface area contributed by atoms with Gasteiger partial charge in [-0.2, -0.15) is 5.26 Å². The van der Waals surface area contributed by atoms with Gasteiger partial charge in [0, 0.05) is 10.0 Å². The quantitative estimate of drug-likeness (QED) is 0.228. The van der Waals surface area contributed by atoms with Gasteiger partial charge in [0.25, 0.3) is 5.56 Å². The fourth-order valence-corrected chi connectivity index (χ4v) is 6.64. The SMILES string of the molecule is CCOC(=O)C1=C(c2ccccc2)N=c2s/c(=C\c3cc(Br)c(OCC#N)c(OC)c3)c(=O)n2[C@H]1c1cccc(Br)c1. The molecule has 8 nitrogen and oxygen atoms in total. The van der Waals surface area contributed by atoms with Crippen molar-refractivity contribution in [3.63, 3.8) is 0 Å². The summed E-state index contributed by atoms with van der Waals surface area (Å²) < 4.78 is 19.8. The maximum absolute atomic E-state index is 14.1. The van der Waals surface area contributed by atoms with E-state index in [-0.39, 0.29) is 24.3 Å². The average molecular weight is 709 g/mol. The van der Waals surface area contributed by atoms with Crippen molar-refractivity contribution in [3.05, 3.63) is 118 Å². The predicted octanol–water partition coefficient (Wildman–Crippen LogP) is 5.37. The Hall–Kier alpha value is -3.98. The Balaban J connectivity index is 1.78. The van der Waals surface area contributed by atoms with Crippen LogP contribution in [0.15, 0.2) is 91.0 Å². The number of carbonyl (C=O) groups is 1. The molecule has 0 bridgehead atoms. The predicted molar refractivity (Wildman–Crippen MR) is 167 cm³/mol. The molecular weight excluding hydrogens is 686 g/mol. The summed E-state index contributed by atoms with van der Waals surface area (Å²) in [4.78, 5) is 33.0. The molecular formula is C31H23Br2N3O5S. The molecule has 1 aliphatic rings. The number of fused-ring (bicyclic) bond motifs is 1. The van der Waals surface area contributed by atoms with Crippen molar-refractivity contribution in [3.8, 4) is 17.6 Å². The van der Waals surface area contributed by atoms with Gasteiger partial charge in [-0.1, -0.05) is 69.7 Å². The van der Waals surface area contributed by atoms with Gasteiger partial charge in [0.05, 0.1) is 40.0 Å². The molecule has 212 valence electrons. The molecule has 0 amide bonds. The summed E-state index contributed by atoms with van der Waals surface area (Å²) in [7, 11) is 1.50. The Morgan fingerprint density at radius 3 is 2.62 bits per heavy atom. The second kappa shape index (κ2) is 12.9. The van der Waals surface area contributed by atoms with Gasteiger partial charge in [0.1, 0.15) is 6.07 Å². The Bertz CT molecular complexity index is 1930. The number of hydrogen-bond donors (Lipinski definition) is 0. The lowest BCUT2D eigenvalue weighted by atomic mass is 9.93. The lowest BCUT2D eigenvalue weighted by Gasteiger charge is -2.26. The monoisotopic (exact) mass is 707 g/mol. The van der Waals surface area contributed by atoms with E-state index in [0.29, 0.717) is 36.6 Å². The van der Waals surface area contributed by atoms with E-state index in [1.54, 1.807) is 29.7 Å². The fourth-order valence-electron chi connectivity index (χ4n) is 4.65. The number of ether oxygens (including phenoxy) is 3. The molecule has 0 aliphatic carbocycles. The molecule has 5 rings (SSSR count). The Labute approximate surface area is 262 Å². The first kappa shape index (κ1) is 29.5. The van der Waals surface area contributed by atoms with E-state index in [9.17, 15) is 9.59 Å². The molecule has 42 heavy (non-hydrogen) atoms. The first-order valence-electron chi connectivity index (χ1n) is 12.8. The van der Waals surface area contributed by atoms with Crippen LogP contribution in [-0.4, -0.2) is 30.9 Å². The highest BCUT2D eigenvalue weighted by Crippen LogP contribution is 2.38. The highest BCUT2D eigenvalue weighted by Gasteiger charge is 2.35. The smallest absolute Gasteiger partial charge is 0.338 e. The van der Waals surface area contributed by atoms with Gasteiger partial charge in [-0.15, -0.1) is 0 Å². The summed E-state index contributed by atoms with van der Waals surface area (Å²) in [6, 6.07) is 21.6. The molecule has 0 N–H and O–H groups in total. The summed E-state index contributed by atoms with van der Waals surface area (Å²) in [5, 5.41) is 8.92. The maximum Gasteiger partial charge on any atom is 0.338 e. The maximum atomic E-state index is 14.1. The average Bonchev–Trinajstić information content (AvgIpc) is 3.30. The summed E-state index contributed by atoms with van der Waals surface area (Å²) >= 11 is 8.24. The van der Waals surface area contributed by atoms with Crippen molar-refractivity contribution < 1.29 is 19.0 Å². The number of halogens is 2. The van der Waals surface area contributed by atoms with E-state index in [2.05, 4.69) is 31.9 Å². The summed E-state index contributed by atoms with van der Waals surface area (Å²) in [5.41, 5.74) is 2.56. The van der Waals surface area contributed by atoms with Gasteiger partial charge < -0.3 is 14.2 Å². The molecule has 1 aliphatic heterocycles. The molecule has 3 aromatic carbocycles. The van der Waals surface area contributed by atoms with Crippen LogP contribution in [-0.2, 0) is 9.53 Å². The van der Waals surface area contributed by atoms with Gasteiger partial charge in [-0.05, 0) is 64.3 Å². The largest absolute Gasteiger partial charge is 0.493 e. The van der Waals surface area contributed by atoms with Gasteiger partial charge in [0.15, 0.2) is 22.9 Å². The zero-order chi connectivity index (χ0) is 29.8. The fraction of sp³-hybridized carbons (Fsp3) is 0.161. The van der Waals surface area contributed by atoms with E-state index in [1.165, 1.54) is 18.4 Å². The summed E-state index contributed by atoms with van der Waals surface area (Å²) in [6.07, 6.45) is 1.74. The van der Waals surface area contributed by atoms with Gasteiger partial charge in [0.2, 0.25) is 0 Å². The van der Waals surface area contributed by atoms with Crippen LogP contribution in [0.2, 0.25) is 0 Å². The molecule has 4 aromatic rings. The molecule has 1 atom stereocenters. The minimum Gasteiger partial charge on any atom is -0.493 e. The second-order valence-corrected chi connectivity index (χ2v) is 11.7. The topological polar surface area (TPSA) is 103 Å². The minimum atomic E-state index is -0.779. The number of nitriles is 1. The van der Waals surface area contributed by atoms with Crippen molar-refractivity contribution in [2.75, 3.05) is 20.3 Å². The van der Waals surface area contributed by atoms with Crippen LogP contribution in [0.1, 0.15) is 29.7 Å². The number of hydrogen-bond acceptors (Lipinski definition) is 8. The number of carbonyl (C=O) groups excluding carboxylic acids is 1. The normalized spacial score (nSPS) is 14.5. The Kier molecular flexibility index (Phi) is 9.06. The third-order valence-electron chi connectivity index (χ3n) is 6.37. The van der Waals surface area contributed by atoms with Crippen LogP contribution in [0.4, 0.5) is 0 Å². The number of nitrogens with zero attached hydrogens (tertiary/aromatic N) is 3. The molecule has 0 saturated carbocycles. The molecule has 0 fully saturated rings. The molecule has 2 heterocycles. The molecule has 0 unspecified atom stereocenters. The molecule has 11 heteroatoms. The van der Waals surface area contributed by atoms with Crippen LogP contribution in [0.3, 0.4) is 0 Å². The number of aromatic nitrogens is 1. The van der Waals surface area contributed by atoms with Crippen molar-refractivity contribution in [1.29, 1.82) is 5.26 Å². The van der Waals surface area contributed by atoms with E-state index in [0.717, 1.165) is 15.6 Å². The number of rotatable bonds is 8.